The molecule has 0 radical (unpaired) electrons. The molecule has 0 aromatic carbocycles. The summed E-state index contributed by atoms with van der Waals surface area (Å²) in [4.78, 5) is 28.8. The lowest BCUT2D eigenvalue weighted by Gasteiger charge is -2.36. The van der Waals surface area contributed by atoms with E-state index in [9.17, 15) is 9.59 Å². The molecule has 3 rings (SSSR count). The minimum atomic E-state index is -0.411. The first kappa shape index (κ1) is 13.8. The summed E-state index contributed by atoms with van der Waals surface area (Å²) in [5.41, 5.74) is 0. The van der Waals surface area contributed by atoms with Crippen molar-refractivity contribution < 1.29 is 19.1 Å². The van der Waals surface area contributed by atoms with Crippen LogP contribution in [0.3, 0.4) is 0 Å². The average molecular weight is 282 g/mol. The number of carbonyl (C=O) groups is 2. The molecule has 112 valence electrons. The molecule has 2 bridgehead atoms. The number of rotatable bonds is 2. The minimum Gasteiger partial charge on any atom is -0.469 e. The summed E-state index contributed by atoms with van der Waals surface area (Å²) in [5, 5.41) is 0. The Labute approximate surface area is 119 Å². The fourth-order valence-electron chi connectivity index (χ4n) is 3.66. The molecule has 6 heteroatoms. The Morgan fingerprint density at radius 1 is 1.05 bits per heavy atom. The van der Waals surface area contributed by atoms with E-state index in [1.807, 2.05) is 4.90 Å². The maximum absolute atomic E-state index is 12.7. The van der Waals surface area contributed by atoms with Crippen molar-refractivity contribution in [2.75, 3.05) is 40.3 Å². The standard InChI is InChI=1S/C14H22N2O4/c1-15-5-7-16(8-6-15)13(17)11-9-3-4-10(20-9)12(11)14(18)19-2/h9-12H,3-8H2,1-2H3. The summed E-state index contributed by atoms with van der Waals surface area (Å²) in [5.74, 6) is -0.985. The third-order valence-corrected chi connectivity index (χ3v) is 4.85. The highest BCUT2D eigenvalue weighted by Gasteiger charge is 2.56. The first-order valence-electron chi connectivity index (χ1n) is 7.32. The van der Waals surface area contributed by atoms with Crippen molar-refractivity contribution in [3.63, 3.8) is 0 Å². The zero-order valence-corrected chi connectivity index (χ0v) is 12.1. The van der Waals surface area contributed by atoms with Crippen LogP contribution >= 0.6 is 0 Å². The molecule has 0 saturated carbocycles. The molecule has 0 spiro atoms. The second kappa shape index (κ2) is 5.33. The largest absolute Gasteiger partial charge is 0.469 e. The highest BCUT2D eigenvalue weighted by molar-refractivity contribution is 5.87. The van der Waals surface area contributed by atoms with E-state index >= 15 is 0 Å². The average Bonchev–Trinajstić information content (AvgIpc) is 3.07. The minimum absolute atomic E-state index is 0.0701. The van der Waals surface area contributed by atoms with Gasteiger partial charge in [0.25, 0.3) is 0 Å². The van der Waals surface area contributed by atoms with Crippen LogP contribution in [0.1, 0.15) is 12.8 Å². The Kier molecular flexibility index (Phi) is 3.69. The molecule has 3 aliphatic rings. The van der Waals surface area contributed by atoms with E-state index in [1.165, 1.54) is 7.11 Å². The highest BCUT2D eigenvalue weighted by atomic mass is 16.5. The summed E-state index contributed by atoms with van der Waals surface area (Å²) in [6.07, 6.45) is 1.50. The maximum atomic E-state index is 12.7. The Balaban J connectivity index is 1.74. The Bertz CT molecular complexity index is 406. The second-order valence-corrected chi connectivity index (χ2v) is 5.99. The second-order valence-electron chi connectivity index (χ2n) is 5.99. The van der Waals surface area contributed by atoms with E-state index < -0.39 is 5.92 Å². The van der Waals surface area contributed by atoms with Crippen LogP contribution in [0.4, 0.5) is 0 Å². The van der Waals surface area contributed by atoms with E-state index in [1.54, 1.807) is 0 Å². The van der Waals surface area contributed by atoms with Crippen molar-refractivity contribution in [2.24, 2.45) is 11.8 Å². The van der Waals surface area contributed by atoms with E-state index in [2.05, 4.69) is 11.9 Å². The molecule has 0 aliphatic carbocycles. The number of piperazine rings is 1. The van der Waals surface area contributed by atoms with Gasteiger partial charge in [-0.25, -0.2) is 0 Å². The van der Waals surface area contributed by atoms with Crippen LogP contribution in [0.15, 0.2) is 0 Å². The van der Waals surface area contributed by atoms with Gasteiger partial charge in [-0.15, -0.1) is 0 Å². The van der Waals surface area contributed by atoms with Crippen LogP contribution in [0.5, 0.6) is 0 Å². The summed E-state index contributed by atoms with van der Waals surface area (Å²) in [6.45, 7) is 3.24. The predicted molar refractivity (Wildman–Crippen MR) is 71.0 cm³/mol. The molecular formula is C14H22N2O4. The number of ether oxygens (including phenoxy) is 2. The number of esters is 1. The van der Waals surface area contributed by atoms with Gasteiger partial charge in [0.2, 0.25) is 5.91 Å². The fourth-order valence-corrected chi connectivity index (χ4v) is 3.66. The van der Waals surface area contributed by atoms with Gasteiger partial charge in [-0.3, -0.25) is 9.59 Å². The zero-order chi connectivity index (χ0) is 14.3. The van der Waals surface area contributed by atoms with Gasteiger partial charge in [0.15, 0.2) is 0 Å². The first-order valence-corrected chi connectivity index (χ1v) is 7.32. The molecule has 3 fully saturated rings. The summed E-state index contributed by atoms with van der Waals surface area (Å²) >= 11 is 0. The van der Waals surface area contributed by atoms with E-state index in [0.29, 0.717) is 0 Å². The number of nitrogens with zero attached hydrogens (tertiary/aromatic N) is 2. The number of likely N-dealkylation sites (N-methyl/N-ethyl adjacent to an activating group) is 1. The Hall–Kier alpha value is -1.14. The predicted octanol–water partition coefficient (Wildman–Crippen LogP) is -0.273. The van der Waals surface area contributed by atoms with Crippen molar-refractivity contribution in [3.8, 4) is 0 Å². The van der Waals surface area contributed by atoms with Crippen molar-refractivity contribution in [2.45, 2.75) is 25.0 Å². The molecule has 4 unspecified atom stereocenters. The lowest BCUT2D eigenvalue weighted by Crippen LogP contribution is -2.52. The summed E-state index contributed by atoms with van der Waals surface area (Å²) < 4.78 is 10.7. The normalized spacial score (nSPS) is 37.2. The fraction of sp³-hybridized carbons (Fsp3) is 0.857. The highest BCUT2D eigenvalue weighted by Crippen LogP contribution is 2.44. The lowest BCUT2D eigenvalue weighted by atomic mass is 9.78. The Morgan fingerprint density at radius 2 is 1.65 bits per heavy atom. The van der Waals surface area contributed by atoms with Gasteiger partial charge in [-0.2, -0.15) is 0 Å². The number of hydrogen-bond acceptors (Lipinski definition) is 5. The number of carbonyl (C=O) groups excluding carboxylic acids is 2. The molecule has 1 amide bonds. The monoisotopic (exact) mass is 282 g/mol. The maximum Gasteiger partial charge on any atom is 0.312 e. The van der Waals surface area contributed by atoms with E-state index in [4.69, 9.17) is 9.47 Å². The summed E-state index contributed by atoms with van der Waals surface area (Å²) in [6, 6.07) is 0. The van der Waals surface area contributed by atoms with Crippen LogP contribution in [-0.2, 0) is 19.1 Å². The first-order chi connectivity index (χ1) is 9.61. The number of amides is 1. The molecule has 3 heterocycles. The van der Waals surface area contributed by atoms with E-state index in [0.717, 1.165) is 39.0 Å². The molecule has 3 aliphatic heterocycles. The van der Waals surface area contributed by atoms with Gasteiger partial charge in [-0.1, -0.05) is 0 Å². The topological polar surface area (TPSA) is 59.1 Å². The molecule has 0 aromatic heterocycles. The number of fused-ring (bicyclic) bond motifs is 2. The van der Waals surface area contributed by atoms with Crippen molar-refractivity contribution in [1.29, 1.82) is 0 Å². The Morgan fingerprint density at radius 3 is 2.25 bits per heavy atom. The molecule has 0 aromatic rings. The van der Waals surface area contributed by atoms with Crippen molar-refractivity contribution in [3.05, 3.63) is 0 Å². The van der Waals surface area contributed by atoms with Gasteiger partial charge in [0, 0.05) is 26.2 Å². The van der Waals surface area contributed by atoms with Gasteiger partial charge in [0.1, 0.15) is 0 Å². The van der Waals surface area contributed by atoms with Crippen molar-refractivity contribution >= 4 is 11.9 Å². The van der Waals surface area contributed by atoms with Crippen LogP contribution in [0, 0.1) is 11.8 Å². The summed E-state index contributed by atoms with van der Waals surface area (Å²) in [7, 11) is 3.44. The molecule has 20 heavy (non-hydrogen) atoms. The smallest absolute Gasteiger partial charge is 0.312 e. The third-order valence-electron chi connectivity index (χ3n) is 4.85. The van der Waals surface area contributed by atoms with Crippen molar-refractivity contribution in [1.82, 2.24) is 9.80 Å². The number of methoxy groups -OCH3 is 1. The zero-order valence-electron chi connectivity index (χ0n) is 12.1. The van der Waals surface area contributed by atoms with Crippen LogP contribution < -0.4 is 0 Å². The number of hydrogen-bond donors (Lipinski definition) is 0. The van der Waals surface area contributed by atoms with Crippen LogP contribution in [0.2, 0.25) is 0 Å². The SMILES string of the molecule is COC(=O)C1C2CCC(O2)C1C(=O)N1CCN(C)CC1. The molecular weight excluding hydrogens is 260 g/mol. The van der Waals surface area contributed by atoms with Gasteiger partial charge in [-0.05, 0) is 19.9 Å². The van der Waals surface area contributed by atoms with Gasteiger partial charge < -0.3 is 19.3 Å². The molecule has 6 nitrogen and oxygen atoms in total. The van der Waals surface area contributed by atoms with Crippen LogP contribution in [0.25, 0.3) is 0 Å². The van der Waals surface area contributed by atoms with E-state index in [-0.39, 0.29) is 30.0 Å². The molecule has 4 atom stereocenters. The molecule has 3 saturated heterocycles. The van der Waals surface area contributed by atoms with Gasteiger partial charge in [0.05, 0.1) is 31.2 Å². The molecule has 0 N–H and O–H groups in total. The third kappa shape index (κ3) is 2.20. The quantitative estimate of drug-likeness (QED) is 0.652. The van der Waals surface area contributed by atoms with Gasteiger partial charge >= 0.3 is 5.97 Å². The van der Waals surface area contributed by atoms with Crippen LogP contribution in [-0.4, -0.2) is 74.2 Å². The lowest BCUT2D eigenvalue weighted by molar-refractivity contribution is -0.154.